The predicted octanol–water partition coefficient (Wildman–Crippen LogP) is -1.31. The third-order valence-electron chi connectivity index (χ3n) is 2.54. The van der Waals surface area contributed by atoms with Crippen LogP contribution in [0.25, 0.3) is 0 Å². The maximum absolute atomic E-state index is 2.30. The second-order valence-electron chi connectivity index (χ2n) is 4.24. The van der Waals surface area contributed by atoms with Crippen LogP contribution in [-0.4, -0.2) is 79.1 Å². The fourth-order valence-corrected chi connectivity index (χ4v) is 1.91. The summed E-state index contributed by atoms with van der Waals surface area (Å²) in [5.74, 6) is 0. The highest BCUT2D eigenvalue weighted by molar-refractivity contribution is 6.15. The smallest absolute Gasteiger partial charge is 0.0638 e. The SMILES string of the molecule is CN(C)CC([SiH3])(N(C)C)N(C)C. The molecule has 0 saturated heterocycles. The van der Waals surface area contributed by atoms with Crippen molar-refractivity contribution in [1.29, 1.82) is 0 Å². The van der Waals surface area contributed by atoms with E-state index >= 15 is 0 Å². The third-order valence-corrected chi connectivity index (χ3v) is 4.65. The Kier molecular flexibility index (Phi) is 4.40. The van der Waals surface area contributed by atoms with Crippen molar-refractivity contribution in [3.63, 3.8) is 0 Å². The molecule has 0 aliphatic carbocycles. The van der Waals surface area contributed by atoms with Crippen LogP contribution in [-0.2, 0) is 0 Å². The van der Waals surface area contributed by atoms with Crippen molar-refractivity contribution < 1.29 is 0 Å². The van der Waals surface area contributed by atoms with Crippen molar-refractivity contribution in [1.82, 2.24) is 14.7 Å². The van der Waals surface area contributed by atoms with Gasteiger partial charge in [0.2, 0.25) is 0 Å². The molecule has 4 heteroatoms. The maximum Gasteiger partial charge on any atom is 0.0638 e. The van der Waals surface area contributed by atoms with Crippen molar-refractivity contribution >= 4 is 10.2 Å². The molecule has 0 amide bonds. The molecule has 0 heterocycles. The summed E-state index contributed by atoms with van der Waals surface area (Å²) in [5, 5.41) is 0.253. The number of nitrogens with zero attached hydrogens (tertiary/aromatic N) is 3. The molecule has 0 saturated carbocycles. The van der Waals surface area contributed by atoms with Gasteiger partial charge < -0.3 is 4.90 Å². The molecule has 74 valence electrons. The van der Waals surface area contributed by atoms with E-state index in [2.05, 4.69) is 57.0 Å². The van der Waals surface area contributed by atoms with Crippen LogP contribution in [0.4, 0.5) is 0 Å². The van der Waals surface area contributed by atoms with E-state index in [1.165, 1.54) is 0 Å². The average Bonchev–Trinajstić information content (AvgIpc) is 1.84. The van der Waals surface area contributed by atoms with Gasteiger partial charge in [-0.1, -0.05) is 0 Å². The monoisotopic (exact) mass is 189 g/mol. The quantitative estimate of drug-likeness (QED) is 0.402. The van der Waals surface area contributed by atoms with Crippen LogP contribution in [0.2, 0.25) is 0 Å². The van der Waals surface area contributed by atoms with Crippen molar-refractivity contribution in [2.24, 2.45) is 0 Å². The lowest BCUT2D eigenvalue weighted by molar-refractivity contribution is 0.0580. The molecule has 0 radical (unpaired) electrons. The molecule has 0 spiro atoms. The average molecular weight is 189 g/mol. The fraction of sp³-hybridized carbons (Fsp3) is 1.00. The van der Waals surface area contributed by atoms with Gasteiger partial charge in [-0.15, -0.1) is 0 Å². The molecule has 0 aromatic carbocycles. The summed E-state index contributed by atoms with van der Waals surface area (Å²) in [6.45, 7) is 1.10. The number of likely N-dealkylation sites (N-methyl/N-ethyl adjacent to an activating group) is 3. The van der Waals surface area contributed by atoms with E-state index in [-0.39, 0.29) is 5.29 Å². The standard InChI is InChI=1S/C8H23N3Si/c1-9(2)7-8(12,10(3)4)11(5)6/h7H2,1-6,12H3. The summed E-state index contributed by atoms with van der Waals surface area (Å²) in [7, 11) is 14.0. The Morgan fingerprint density at radius 3 is 1.33 bits per heavy atom. The van der Waals surface area contributed by atoms with Gasteiger partial charge in [-0.2, -0.15) is 0 Å². The van der Waals surface area contributed by atoms with E-state index in [9.17, 15) is 0 Å². The molecular weight excluding hydrogens is 166 g/mol. The van der Waals surface area contributed by atoms with Gasteiger partial charge in [-0.25, -0.2) is 0 Å². The largest absolute Gasteiger partial charge is 0.307 e. The second kappa shape index (κ2) is 4.37. The molecule has 12 heavy (non-hydrogen) atoms. The minimum atomic E-state index is 0.253. The van der Waals surface area contributed by atoms with E-state index in [1.54, 1.807) is 0 Å². The van der Waals surface area contributed by atoms with Gasteiger partial charge in [0.25, 0.3) is 0 Å². The highest BCUT2D eigenvalue weighted by Crippen LogP contribution is 2.10. The summed E-state index contributed by atoms with van der Waals surface area (Å²) in [6, 6.07) is 0. The van der Waals surface area contributed by atoms with Crippen molar-refractivity contribution in [3.8, 4) is 0 Å². The first-order valence-electron chi connectivity index (χ1n) is 4.30. The maximum atomic E-state index is 2.30. The van der Waals surface area contributed by atoms with Crippen LogP contribution < -0.4 is 0 Å². The predicted molar refractivity (Wildman–Crippen MR) is 58.6 cm³/mol. The first-order valence-corrected chi connectivity index (χ1v) is 5.30. The molecule has 3 nitrogen and oxygen atoms in total. The van der Waals surface area contributed by atoms with Crippen LogP contribution in [0.15, 0.2) is 0 Å². The van der Waals surface area contributed by atoms with Gasteiger partial charge in [0, 0.05) is 16.8 Å². The first kappa shape index (κ1) is 12.1. The third kappa shape index (κ3) is 2.86. The van der Waals surface area contributed by atoms with Crippen LogP contribution in [0.1, 0.15) is 0 Å². The molecule has 0 aromatic heterocycles. The summed E-state index contributed by atoms with van der Waals surface area (Å²) in [4.78, 5) is 6.85. The van der Waals surface area contributed by atoms with Crippen molar-refractivity contribution in [3.05, 3.63) is 0 Å². The summed E-state index contributed by atoms with van der Waals surface area (Å²) in [5.41, 5.74) is 0. The van der Waals surface area contributed by atoms with E-state index < -0.39 is 0 Å². The van der Waals surface area contributed by atoms with Crippen molar-refractivity contribution in [2.45, 2.75) is 5.29 Å². The fourth-order valence-electron chi connectivity index (χ4n) is 1.28. The van der Waals surface area contributed by atoms with E-state index in [1.807, 2.05) is 0 Å². The molecular formula is C8H23N3Si. The molecule has 0 unspecified atom stereocenters. The number of hydrogen-bond donors (Lipinski definition) is 0. The normalized spacial score (nSPS) is 13.8. The zero-order valence-corrected chi connectivity index (χ0v) is 11.5. The lowest BCUT2D eigenvalue weighted by Gasteiger charge is -2.44. The van der Waals surface area contributed by atoms with Gasteiger partial charge in [0.05, 0.1) is 5.29 Å². The molecule has 0 rings (SSSR count). The minimum absolute atomic E-state index is 0.253. The molecule has 0 N–H and O–H groups in total. The van der Waals surface area contributed by atoms with Crippen LogP contribution >= 0.6 is 0 Å². The Labute approximate surface area is 79.7 Å². The van der Waals surface area contributed by atoms with Gasteiger partial charge in [0.15, 0.2) is 0 Å². The highest BCUT2D eigenvalue weighted by Gasteiger charge is 2.29. The lowest BCUT2D eigenvalue weighted by Crippen LogP contribution is -2.61. The van der Waals surface area contributed by atoms with Crippen molar-refractivity contribution in [2.75, 3.05) is 48.8 Å². The van der Waals surface area contributed by atoms with Gasteiger partial charge >= 0.3 is 0 Å². The van der Waals surface area contributed by atoms with E-state index in [0.29, 0.717) is 0 Å². The molecule has 0 atom stereocenters. The second-order valence-corrected chi connectivity index (χ2v) is 5.85. The minimum Gasteiger partial charge on any atom is -0.307 e. The highest BCUT2D eigenvalue weighted by atomic mass is 28.1. The molecule has 0 fully saturated rings. The van der Waals surface area contributed by atoms with Crippen LogP contribution in [0, 0.1) is 0 Å². The molecule has 0 aliphatic rings. The Morgan fingerprint density at radius 2 is 1.25 bits per heavy atom. The van der Waals surface area contributed by atoms with Crippen LogP contribution in [0.5, 0.6) is 0 Å². The zero-order valence-electron chi connectivity index (χ0n) is 9.55. The van der Waals surface area contributed by atoms with Gasteiger partial charge in [-0.05, 0) is 42.3 Å². The number of hydrogen-bond acceptors (Lipinski definition) is 3. The molecule has 0 bridgehead atoms. The topological polar surface area (TPSA) is 9.72 Å². The summed E-state index contributed by atoms with van der Waals surface area (Å²) < 4.78 is 0. The molecule has 0 aliphatic heterocycles. The summed E-state index contributed by atoms with van der Waals surface area (Å²) >= 11 is 0. The molecule has 0 aromatic rings. The number of rotatable bonds is 4. The summed E-state index contributed by atoms with van der Waals surface area (Å²) in [6.07, 6.45) is 0. The van der Waals surface area contributed by atoms with E-state index in [0.717, 1.165) is 16.8 Å². The Bertz CT molecular complexity index is 126. The van der Waals surface area contributed by atoms with Gasteiger partial charge in [0.1, 0.15) is 0 Å². The Balaban J connectivity index is 4.40. The van der Waals surface area contributed by atoms with Gasteiger partial charge in [-0.3, -0.25) is 9.80 Å². The van der Waals surface area contributed by atoms with Crippen LogP contribution in [0.3, 0.4) is 0 Å². The first-order chi connectivity index (χ1) is 5.30. The van der Waals surface area contributed by atoms with E-state index in [4.69, 9.17) is 0 Å². The zero-order chi connectivity index (χ0) is 9.94. The Morgan fingerprint density at radius 1 is 0.917 bits per heavy atom. The Hall–Kier alpha value is 0.0969. The lowest BCUT2D eigenvalue weighted by atomic mass is 10.3.